The van der Waals surface area contributed by atoms with E-state index in [9.17, 15) is 5.11 Å². The molecule has 1 saturated carbocycles. The molecule has 1 aliphatic carbocycles. The van der Waals surface area contributed by atoms with Crippen molar-refractivity contribution in [2.24, 2.45) is 5.92 Å². The van der Waals surface area contributed by atoms with Crippen LogP contribution in [0.2, 0.25) is 16.7 Å². The number of unbranched alkanes of at least 4 members (excludes halogenated alkanes) is 4. The zero-order valence-corrected chi connectivity index (χ0v) is 21.1. The molecule has 0 saturated heterocycles. The molecule has 0 amide bonds. The van der Waals surface area contributed by atoms with Crippen LogP contribution in [0.5, 0.6) is 0 Å². The van der Waals surface area contributed by atoms with E-state index in [0.29, 0.717) is 9.35 Å². The first-order chi connectivity index (χ1) is 12.1. The maximum absolute atomic E-state index is 10.9. The average molecular weight is 459 g/mol. The standard InChI is InChI=1S/C11H21O.3C4H9.Sn/c1-3-5-7-9-8-10(9)11(12)6-4-2;3*1-3-4-2;/h10-12H,3-8H2,1-2H3;3*1,3-4H2,2H3;/t10-,11-;;;;/m1..../s1. The molecule has 0 radical (unpaired) electrons. The van der Waals surface area contributed by atoms with Gasteiger partial charge < -0.3 is 0 Å². The Labute approximate surface area is 163 Å². The van der Waals surface area contributed by atoms with Gasteiger partial charge in [0.2, 0.25) is 0 Å². The van der Waals surface area contributed by atoms with Gasteiger partial charge in [-0.15, -0.1) is 0 Å². The van der Waals surface area contributed by atoms with Crippen molar-refractivity contribution in [1.29, 1.82) is 0 Å². The second-order valence-electron chi connectivity index (χ2n) is 9.02. The van der Waals surface area contributed by atoms with Crippen LogP contribution >= 0.6 is 0 Å². The second kappa shape index (κ2) is 12.3. The van der Waals surface area contributed by atoms with Gasteiger partial charge in [-0.05, 0) is 0 Å². The summed E-state index contributed by atoms with van der Waals surface area (Å²) in [5.74, 6) is 0.681. The summed E-state index contributed by atoms with van der Waals surface area (Å²) in [6, 6.07) is 0. The van der Waals surface area contributed by atoms with E-state index in [2.05, 4.69) is 34.6 Å². The molecule has 0 heterocycles. The van der Waals surface area contributed by atoms with Gasteiger partial charge in [0.1, 0.15) is 0 Å². The number of rotatable bonds is 16. The van der Waals surface area contributed by atoms with Gasteiger partial charge in [0.05, 0.1) is 0 Å². The Hall–Kier alpha value is 0.759. The number of hydrogen-bond acceptors (Lipinski definition) is 1. The van der Waals surface area contributed by atoms with Crippen LogP contribution in [0.15, 0.2) is 0 Å². The summed E-state index contributed by atoms with van der Waals surface area (Å²) < 4.78 is 5.51. The summed E-state index contributed by atoms with van der Waals surface area (Å²) in [6.45, 7) is 11.7. The monoisotopic (exact) mass is 460 g/mol. The van der Waals surface area contributed by atoms with Crippen LogP contribution in [0.25, 0.3) is 0 Å². The summed E-state index contributed by atoms with van der Waals surface area (Å²) in [4.78, 5) is 0. The molecule has 0 spiro atoms. The van der Waals surface area contributed by atoms with Crippen LogP contribution in [0.1, 0.15) is 112 Å². The van der Waals surface area contributed by atoms with Gasteiger partial charge in [-0.3, -0.25) is 0 Å². The minimum absolute atomic E-state index is 0.00260. The molecule has 0 aromatic heterocycles. The molecule has 0 bridgehead atoms. The zero-order valence-electron chi connectivity index (χ0n) is 18.2. The molecule has 0 unspecified atom stereocenters. The third-order valence-electron chi connectivity index (χ3n) is 7.24. The van der Waals surface area contributed by atoms with Crippen LogP contribution in [-0.2, 0) is 0 Å². The van der Waals surface area contributed by atoms with E-state index in [1.807, 2.05) is 0 Å². The number of aliphatic hydroxyl groups is 1. The topological polar surface area (TPSA) is 20.2 Å². The molecule has 0 aromatic rings. The predicted molar refractivity (Wildman–Crippen MR) is 116 cm³/mol. The maximum atomic E-state index is 10.9. The third-order valence-corrected chi connectivity index (χ3v) is 26.8. The number of hydrogen-bond donors (Lipinski definition) is 1. The Morgan fingerprint density at radius 1 is 0.800 bits per heavy atom. The van der Waals surface area contributed by atoms with E-state index in [1.165, 1.54) is 64.2 Å². The van der Waals surface area contributed by atoms with Crippen molar-refractivity contribution in [3.63, 3.8) is 0 Å². The first kappa shape index (κ1) is 23.8. The van der Waals surface area contributed by atoms with Gasteiger partial charge in [-0.1, -0.05) is 0 Å². The van der Waals surface area contributed by atoms with Crippen molar-refractivity contribution in [3.05, 3.63) is 0 Å². The van der Waals surface area contributed by atoms with E-state index in [-0.39, 0.29) is 6.10 Å². The molecule has 1 nitrogen and oxygen atoms in total. The fraction of sp³-hybridized carbons (Fsp3) is 1.00. The molecular formula is C23H48OSn. The van der Waals surface area contributed by atoms with Crippen LogP contribution in [0.4, 0.5) is 0 Å². The normalized spacial score (nSPS) is 24.5. The summed E-state index contributed by atoms with van der Waals surface area (Å²) in [5.41, 5.74) is 0. The molecule has 1 N–H and O–H groups in total. The Morgan fingerprint density at radius 2 is 1.28 bits per heavy atom. The minimum atomic E-state index is -2.26. The van der Waals surface area contributed by atoms with Crippen LogP contribution in [0.3, 0.4) is 0 Å². The summed E-state index contributed by atoms with van der Waals surface area (Å²) in [7, 11) is 0. The molecule has 1 fully saturated rings. The Kier molecular flexibility index (Phi) is 11.7. The Bertz CT molecular complexity index is 321. The van der Waals surface area contributed by atoms with Gasteiger partial charge in [0.25, 0.3) is 0 Å². The van der Waals surface area contributed by atoms with Crippen molar-refractivity contribution >= 4 is 18.4 Å². The Morgan fingerprint density at radius 3 is 1.68 bits per heavy atom. The van der Waals surface area contributed by atoms with E-state index < -0.39 is 18.4 Å². The van der Waals surface area contributed by atoms with Gasteiger partial charge >= 0.3 is 164 Å². The van der Waals surface area contributed by atoms with Gasteiger partial charge in [0.15, 0.2) is 0 Å². The molecule has 1 rings (SSSR count). The Balaban J connectivity index is 3.11. The predicted octanol–water partition coefficient (Wildman–Crippen LogP) is 7.95. The van der Waals surface area contributed by atoms with Crippen molar-refractivity contribution < 1.29 is 5.11 Å². The SMILES string of the molecule is CCCC[C@@]1([Sn]([CH2]CCC)([CH2]CCC)[CH2]CCC)C[C@H]1[C@H](O)CCC. The van der Waals surface area contributed by atoms with Crippen LogP contribution in [-0.4, -0.2) is 29.6 Å². The molecule has 0 aliphatic heterocycles. The molecule has 25 heavy (non-hydrogen) atoms. The van der Waals surface area contributed by atoms with Gasteiger partial charge in [0, 0.05) is 0 Å². The summed E-state index contributed by atoms with van der Waals surface area (Å²) >= 11 is -2.26. The average Bonchev–Trinajstić information content (AvgIpc) is 3.36. The van der Waals surface area contributed by atoms with Crippen molar-refractivity contribution in [3.8, 4) is 0 Å². The fourth-order valence-corrected chi connectivity index (χ4v) is 27.6. The summed E-state index contributed by atoms with van der Waals surface area (Å²) in [5, 5.41) is 10.9. The molecule has 0 aromatic carbocycles. The molecular weight excluding hydrogens is 411 g/mol. The molecule has 150 valence electrons. The fourth-order valence-electron chi connectivity index (χ4n) is 5.66. The first-order valence-corrected chi connectivity index (χ1v) is 19.2. The van der Waals surface area contributed by atoms with Crippen molar-refractivity contribution in [2.75, 3.05) is 0 Å². The number of aliphatic hydroxyl groups excluding tert-OH is 1. The van der Waals surface area contributed by atoms with Crippen LogP contribution < -0.4 is 0 Å². The second-order valence-corrected chi connectivity index (χ2v) is 23.4. The molecule has 2 heteroatoms. The van der Waals surface area contributed by atoms with E-state index in [1.54, 1.807) is 13.3 Å². The van der Waals surface area contributed by atoms with Gasteiger partial charge in [-0.2, -0.15) is 0 Å². The first-order valence-electron chi connectivity index (χ1n) is 11.8. The molecule has 1 aliphatic rings. The zero-order chi connectivity index (χ0) is 18.8. The van der Waals surface area contributed by atoms with E-state index in [0.717, 1.165) is 12.8 Å². The quantitative estimate of drug-likeness (QED) is 0.232. The van der Waals surface area contributed by atoms with Gasteiger partial charge in [-0.25, -0.2) is 0 Å². The van der Waals surface area contributed by atoms with Crippen LogP contribution in [0, 0.1) is 5.92 Å². The van der Waals surface area contributed by atoms with E-state index in [4.69, 9.17) is 0 Å². The van der Waals surface area contributed by atoms with Crippen molar-refractivity contribution in [1.82, 2.24) is 0 Å². The molecule has 3 atom stereocenters. The van der Waals surface area contributed by atoms with Crippen molar-refractivity contribution in [2.45, 2.75) is 135 Å². The van der Waals surface area contributed by atoms with E-state index >= 15 is 0 Å². The summed E-state index contributed by atoms with van der Waals surface area (Å²) in [6.07, 6.45) is 16.3. The third kappa shape index (κ3) is 6.12.